The van der Waals surface area contributed by atoms with E-state index in [2.05, 4.69) is 0 Å². The van der Waals surface area contributed by atoms with Gasteiger partial charge in [-0.3, -0.25) is 0 Å². The molecular formula is C9H9NO. The zero-order valence-electron chi connectivity index (χ0n) is 5.99. The topological polar surface area (TPSA) is 44.1 Å². The van der Waals surface area contributed by atoms with Crippen LogP contribution < -0.4 is 0 Å². The minimum Gasteiger partial charge on any atom is -0.507 e. The van der Waals surface area contributed by atoms with Crippen LogP contribution in [0.4, 0.5) is 0 Å². The first kappa shape index (κ1) is 7.54. The van der Waals surface area contributed by atoms with E-state index in [9.17, 15) is 5.11 Å². The summed E-state index contributed by atoms with van der Waals surface area (Å²) in [4.78, 5) is 0. The molecule has 0 aromatic heterocycles. The van der Waals surface area contributed by atoms with Crippen LogP contribution in [-0.2, 0) is 0 Å². The normalized spacial score (nSPS) is 10.2. The fraction of sp³-hybridized carbons (Fsp3) is 0. The zero-order valence-corrected chi connectivity index (χ0v) is 5.99. The van der Waals surface area contributed by atoms with E-state index in [1.165, 1.54) is 6.21 Å². The molecule has 0 saturated carbocycles. The molecule has 1 aromatic rings. The number of hydrogen-bond donors (Lipinski definition) is 2. The number of phenolic OH excluding ortho intramolecular Hbond substituents is 1. The van der Waals surface area contributed by atoms with Crippen LogP contribution in [0.1, 0.15) is 5.56 Å². The zero-order chi connectivity index (χ0) is 8.10. The molecule has 56 valence electrons. The fourth-order valence-electron chi connectivity index (χ4n) is 0.780. The Labute approximate surface area is 65.3 Å². The molecule has 0 heterocycles. The molecule has 0 spiro atoms. The maximum absolute atomic E-state index is 9.21. The standard InChI is InChI=1S/C9H9NO/c10-7-3-5-8-4-1-2-6-9(8)11/h1-7,10-11H. The predicted octanol–water partition coefficient (Wildman–Crippen LogP) is 2.05. The van der Waals surface area contributed by atoms with Gasteiger partial charge in [0.1, 0.15) is 5.75 Å². The molecule has 0 radical (unpaired) electrons. The van der Waals surface area contributed by atoms with E-state index in [1.807, 2.05) is 6.07 Å². The van der Waals surface area contributed by atoms with Gasteiger partial charge < -0.3 is 10.5 Å². The van der Waals surface area contributed by atoms with Gasteiger partial charge in [0.2, 0.25) is 0 Å². The summed E-state index contributed by atoms with van der Waals surface area (Å²) in [5, 5.41) is 15.9. The summed E-state index contributed by atoms with van der Waals surface area (Å²) in [6.45, 7) is 0. The van der Waals surface area contributed by atoms with Crippen LogP contribution >= 0.6 is 0 Å². The van der Waals surface area contributed by atoms with E-state index in [0.29, 0.717) is 0 Å². The van der Waals surface area contributed by atoms with E-state index in [-0.39, 0.29) is 5.75 Å². The van der Waals surface area contributed by atoms with E-state index in [4.69, 9.17) is 5.41 Å². The molecule has 2 heteroatoms. The van der Waals surface area contributed by atoms with E-state index < -0.39 is 0 Å². The first-order valence-electron chi connectivity index (χ1n) is 3.29. The van der Waals surface area contributed by atoms with E-state index in [1.54, 1.807) is 30.4 Å². The van der Waals surface area contributed by atoms with Gasteiger partial charge in [0.15, 0.2) is 0 Å². The second kappa shape index (κ2) is 3.56. The van der Waals surface area contributed by atoms with Crippen molar-refractivity contribution in [2.24, 2.45) is 0 Å². The van der Waals surface area contributed by atoms with Gasteiger partial charge in [0.05, 0.1) is 0 Å². The van der Waals surface area contributed by atoms with Crippen molar-refractivity contribution in [1.82, 2.24) is 0 Å². The van der Waals surface area contributed by atoms with Gasteiger partial charge in [-0.2, -0.15) is 0 Å². The number of hydrogen-bond acceptors (Lipinski definition) is 2. The Morgan fingerprint density at radius 2 is 2.00 bits per heavy atom. The van der Waals surface area contributed by atoms with Gasteiger partial charge in [-0.1, -0.05) is 18.2 Å². The highest BCUT2D eigenvalue weighted by Gasteiger charge is 1.91. The molecule has 0 aliphatic carbocycles. The van der Waals surface area contributed by atoms with Crippen molar-refractivity contribution in [2.45, 2.75) is 0 Å². The number of rotatable bonds is 2. The molecule has 2 nitrogen and oxygen atoms in total. The average Bonchev–Trinajstić information content (AvgIpc) is 2.03. The summed E-state index contributed by atoms with van der Waals surface area (Å²) >= 11 is 0. The van der Waals surface area contributed by atoms with Gasteiger partial charge in [-0.25, -0.2) is 0 Å². The Balaban J connectivity index is 2.94. The monoisotopic (exact) mass is 147 g/mol. The third-order valence-corrected chi connectivity index (χ3v) is 1.31. The van der Waals surface area contributed by atoms with Crippen molar-refractivity contribution in [3.63, 3.8) is 0 Å². The van der Waals surface area contributed by atoms with Crippen LogP contribution in [0.25, 0.3) is 6.08 Å². The lowest BCUT2D eigenvalue weighted by Crippen LogP contribution is -1.72. The smallest absolute Gasteiger partial charge is 0.122 e. The Morgan fingerprint density at radius 3 is 2.64 bits per heavy atom. The maximum atomic E-state index is 9.21. The van der Waals surface area contributed by atoms with Gasteiger partial charge in [0.25, 0.3) is 0 Å². The molecule has 0 fully saturated rings. The lowest BCUT2D eigenvalue weighted by atomic mass is 10.2. The molecule has 0 unspecified atom stereocenters. The second-order valence-electron chi connectivity index (χ2n) is 2.08. The predicted molar refractivity (Wildman–Crippen MR) is 45.9 cm³/mol. The largest absolute Gasteiger partial charge is 0.507 e. The summed E-state index contributed by atoms with van der Waals surface area (Å²) in [6, 6.07) is 7.00. The van der Waals surface area contributed by atoms with Crippen molar-refractivity contribution in [3.05, 3.63) is 35.9 Å². The third-order valence-electron chi connectivity index (χ3n) is 1.31. The van der Waals surface area contributed by atoms with Crippen molar-refractivity contribution >= 4 is 12.3 Å². The highest BCUT2D eigenvalue weighted by atomic mass is 16.3. The minimum atomic E-state index is 0.241. The summed E-state index contributed by atoms with van der Waals surface area (Å²) in [5.41, 5.74) is 0.732. The fourth-order valence-corrected chi connectivity index (χ4v) is 0.780. The molecule has 0 atom stereocenters. The maximum Gasteiger partial charge on any atom is 0.122 e. The average molecular weight is 147 g/mol. The third kappa shape index (κ3) is 1.93. The van der Waals surface area contributed by atoms with Crippen LogP contribution in [0.2, 0.25) is 0 Å². The minimum absolute atomic E-state index is 0.241. The van der Waals surface area contributed by atoms with Gasteiger partial charge in [-0.05, 0) is 18.2 Å². The molecule has 0 aliphatic heterocycles. The Bertz CT molecular complexity index is 279. The molecule has 2 N–H and O–H groups in total. The number of aromatic hydroxyl groups is 1. The van der Waals surface area contributed by atoms with Crippen molar-refractivity contribution in [2.75, 3.05) is 0 Å². The Morgan fingerprint density at radius 1 is 1.27 bits per heavy atom. The second-order valence-corrected chi connectivity index (χ2v) is 2.08. The molecule has 0 saturated heterocycles. The Hall–Kier alpha value is -1.57. The summed E-state index contributed by atoms with van der Waals surface area (Å²) in [6.07, 6.45) is 4.42. The first-order valence-corrected chi connectivity index (χ1v) is 3.29. The molecular weight excluding hydrogens is 138 g/mol. The molecule has 0 aliphatic rings. The number of phenols is 1. The number of para-hydroxylation sites is 1. The van der Waals surface area contributed by atoms with Crippen LogP contribution in [-0.4, -0.2) is 11.3 Å². The number of benzene rings is 1. The van der Waals surface area contributed by atoms with Gasteiger partial charge in [-0.15, -0.1) is 0 Å². The summed E-state index contributed by atoms with van der Waals surface area (Å²) < 4.78 is 0. The lowest BCUT2D eigenvalue weighted by Gasteiger charge is -1.94. The van der Waals surface area contributed by atoms with E-state index in [0.717, 1.165) is 5.56 Å². The molecule has 11 heavy (non-hydrogen) atoms. The molecule has 0 bridgehead atoms. The highest BCUT2D eigenvalue weighted by Crippen LogP contribution is 2.16. The SMILES string of the molecule is N=CC=Cc1ccccc1O. The molecule has 1 rings (SSSR count). The van der Waals surface area contributed by atoms with Crippen LogP contribution in [0, 0.1) is 5.41 Å². The highest BCUT2D eigenvalue weighted by molar-refractivity contribution is 5.76. The van der Waals surface area contributed by atoms with Crippen LogP contribution in [0.3, 0.4) is 0 Å². The van der Waals surface area contributed by atoms with Crippen LogP contribution in [0.15, 0.2) is 30.3 Å². The van der Waals surface area contributed by atoms with Gasteiger partial charge >= 0.3 is 0 Å². The van der Waals surface area contributed by atoms with E-state index >= 15 is 0 Å². The summed E-state index contributed by atoms with van der Waals surface area (Å²) in [7, 11) is 0. The quantitative estimate of drug-likeness (QED) is 0.618. The number of nitrogens with one attached hydrogen (secondary N) is 1. The van der Waals surface area contributed by atoms with Crippen molar-refractivity contribution in [1.29, 1.82) is 5.41 Å². The first-order chi connectivity index (χ1) is 5.34. The van der Waals surface area contributed by atoms with Crippen molar-refractivity contribution < 1.29 is 5.11 Å². The van der Waals surface area contributed by atoms with Crippen LogP contribution in [0.5, 0.6) is 5.75 Å². The van der Waals surface area contributed by atoms with Crippen molar-refractivity contribution in [3.8, 4) is 5.75 Å². The molecule has 0 amide bonds. The molecule has 1 aromatic carbocycles. The van der Waals surface area contributed by atoms with Gasteiger partial charge in [0, 0.05) is 11.8 Å². The number of allylic oxidation sites excluding steroid dienone is 1. The summed E-state index contributed by atoms with van der Waals surface area (Å²) in [5.74, 6) is 0.241. The Kier molecular flexibility index (Phi) is 2.44. The lowest BCUT2D eigenvalue weighted by molar-refractivity contribution is 0.474.